The fourth-order valence-corrected chi connectivity index (χ4v) is 10.2. The highest BCUT2D eigenvalue weighted by atomic mass is 16.3. The lowest BCUT2D eigenvalue weighted by atomic mass is 9.95. The summed E-state index contributed by atoms with van der Waals surface area (Å²) >= 11 is 0. The molecule has 67 heavy (non-hydrogen) atoms. The first-order valence-electron chi connectivity index (χ1n) is 22.9. The molecule has 0 aliphatic rings. The minimum Gasteiger partial charge on any atom is -0.455 e. The Kier molecular flexibility index (Phi) is 9.17. The predicted octanol–water partition coefficient (Wildman–Crippen LogP) is 18.0. The smallest absolute Gasteiger partial charge is 0.143 e. The number of hydrogen-bond donors (Lipinski definition) is 0. The predicted molar refractivity (Wildman–Crippen MR) is 282 cm³/mol. The Balaban J connectivity index is 0.889. The van der Waals surface area contributed by atoms with Gasteiger partial charge in [0.25, 0.3) is 0 Å². The summed E-state index contributed by atoms with van der Waals surface area (Å²) < 4.78 is 8.98. The third-order valence-electron chi connectivity index (χ3n) is 13.4. The molecular weight excluding hydrogens is 813 g/mol. The largest absolute Gasteiger partial charge is 0.455 e. The van der Waals surface area contributed by atoms with Crippen molar-refractivity contribution >= 4 is 71.6 Å². The third-order valence-corrected chi connectivity index (χ3v) is 13.4. The second-order valence-electron chi connectivity index (χ2n) is 17.3. The first kappa shape index (κ1) is 38.5. The van der Waals surface area contributed by atoms with Crippen LogP contribution in [0.4, 0.5) is 17.1 Å². The van der Waals surface area contributed by atoms with E-state index in [2.05, 4.69) is 258 Å². The van der Waals surface area contributed by atoms with Crippen LogP contribution < -0.4 is 4.90 Å². The number of hydrogen-bond acceptors (Lipinski definition) is 2. The molecular formula is C64H42N2O. The molecule has 0 radical (unpaired) electrons. The van der Waals surface area contributed by atoms with Gasteiger partial charge in [0.05, 0.1) is 16.7 Å². The molecule has 0 aliphatic carbocycles. The van der Waals surface area contributed by atoms with Crippen LogP contribution in [0, 0.1) is 0 Å². The van der Waals surface area contributed by atoms with Crippen LogP contribution in [0.2, 0.25) is 0 Å². The van der Waals surface area contributed by atoms with E-state index in [1.807, 2.05) is 6.07 Å². The minimum atomic E-state index is 0.906. The van der Waals surface area contributed by atoms with E-state index in [1.54, 1.807) is 0 Å². The maximum atomic E-state index is 6.54. The summed E-state index contributed by atoms with van der Waals surface area (Å²) in [7, 11) is 0. The van der Waals surface area contributed by atoms with Crippen LogP contribution in [0.1, 0.15) is 0 Å². The van der Waals surface area contributed by atoms with Gasteiger partial charge in [-0.05, 0) is 111 Å². The first-order chi connectivity index (χ1) is 33.2. The molecule has 13 aromatic rings. The van der Waals surface area contributed by atoms with Gasteiger partial charge in [-0.15, -0.1) is 0 Å². The lowest BCUT2D eigenvalue weighted by Gasteiger charge is -2.26. The number of anilines is 3. The molecule has 0 atom stereocenters. The van der Waals surface area contributed by atoms with Crippen LogP contribution >= 0.6 is 0 Å². The summed E-state index contributed by atoms with van der Waals surface area (Å²) in [5, 5.41) is 7.08. The quantitative estimate of drug-likeness (QED) is 0.152. The number of fused-ring (bicyclic) bond motifs is 7. The molecule has 2 aromatic heterocycles. The lowest BCUT2D eigenvalue weighted by molar-refractivity contribution is 0.670. The molecule has 0 bridgehead atoms. The Labute approximate surface area is 388 Å². The average Bonchev–Trinajstić information content (AvgIpc) is 3.95. The molecule has 13 rings (SSSR count). The minimum absolute atomic E-state index is 0.906. The third kappa shape index (κ3) is 6.59. The van der Waals surface area contributed by atoms with Crippen molar-refractivity contribution in [3.05, 3.63) is 255 Å². The monoisotopic (exact) mass is 854 g/mol. The molecule has 3 heteroatoms. The highest BCUT2D eigenvalue weighted by molar-refractivity contribution is 6.15. The zero-order chi connectivity index (χ0) is 44.3. The summed E-state index contributed by atoms with van der Waals surface area (Å²) in [5.74, 6) is 0. The number of benzene rings is 11. The standard InChI is InChI=1S/C64H42N2O/c1-3-14-43(15-4-1)45-26-33-49(34-27-45)65(50-35-28-46(29-36-50)44-16-5-2-6-17-44)51-37-30-47(31-38-51)48-32-40-62-59(42-48)55-20-9-11-24-60(55)66(62)61-41-39-53(52-18-7-8-19-54(52)61)57-22-13-23-58-56-21-10-12-25-63(56)67-64(57)58/h1-42H. The summed E-state index contributed by atoms with van der Waals surface area (Å²) in [6.07, 6.45) is 0. The van der Waals surface area contributed by atoms with E-state index in [4.69, 9.17) is 4.42 Å². The molecule has 0 aliphatic heterocycles. The summed E-state index contributed by atoms with van der Waals surface area (Å²) in [4.78, 5) is 2.34. The summed E-state index contributed by atoms with van der Waals surface area (Å²) in [6, 6.07) is 91.8. The van der Waals surface area contributed by atoms with Crippen molar-refractivity contribution in [2.45, 2.75) is 0 Å². The summed E-state index contributed by atoms with van der Waals surface area (Å²) in [6.45, 7) is 0. The zero-order valence-electron chi connectivity index (χ0n) is 36.6. The van der Waals surface area contributed by atoms with Crippen LogP contribution in [0.3, 0.4) is 0 Å². The molecule has 0 spiro atoms. The maximum absolute atomic E-state index is 6.54. The van der Waals surface area contributed by atoms with E-state index >= 15 is 0 Å². The van der Waals surface area contributed by atoms with Gasteiger partial charge in [0, 0.05) is 49.6 Å². The van der Waals surface area contributed by atoms with E-state index in [0.717, 1.165) is 61.4 Å². The Hall–Kier alpha value is -8.92. The molecule has 0 N–H and O–H groups in total. The van der Waals surface area contributed by atoms with Crippen LogP contribution in [0.15, 0.2) is 259 Å². The molecule has 0 amide bonds. The number of furan rings is 1. The highest BCUT2D eigenvalue weighted by Crippen LogP contribution is 2.43. The van der Waals surface area contributed by atoms with Crippen molar-refractivity contribution in [1.82, 2.24) is 4.57 Å². The van der Waals surface area contributed by atoms with Gasteiger partial charge in [-0.2, -0.15) is 0 Å². The number of aromatic nitrogens is 1. The van der Waals surface area contributed by atoms with Gasteiger partial charge in [-0.3, -0.25) is 0 Å². The van der Waals surface area contributed by atoms with E-state index in [1.165, 1.54) is 60.4 Å². The second kappa shape index (κ2) is 16.0. The van der Waals surface area contributed by atoms with Gasteiger partial charge in [0.1, 0.15) is 11.2 Å². The molecule has 11 aromatic carbocycles. The SMILES string of the molecule is c1ccc(-c2ccc(N(c3ccc(-c4ccccc4)cc3)c3ccc(-c4ccc5c(c4)c4ccccc4n5-c4ccc(-c5cccc6c5oc5ccccc56)c5ccccc45)cc3)cc2)cc1. The van der Waals surface area contributed by atoms with Gasteiger partial charge >= 0.3 is 0 Å². The molecule has 0 unspecified atom stereocenters. The average molecular weight is 855 g/mol. The molecule has 0 saturated heterocycles. The maximum Gasteiger partial charge on any atom is 0.143 e. The van der Waals surface area contributed by atoms with Gasteiger partial charge in [-0.25, -0.2) is 0 Å². The Bertz CT molecular complexity index is 3860. The molecule has 2 heterocycles. The zero-order valence-corrected chi connectivity index (χ0v) is 36.6. The van der Waals surface area contributed by atoms with Gasteiger partial charge in [-0.1, -0.05) is 188 Å². The molecule has 0 fully saturated rings. The van der Waals surface area contributed by atoms with Crippen molar-refractivity contribution < 1.29 is 4.42 Å². The van der Waals surface area contributed by atoms with Crippen molar-refractivity contribution in [3.8, 4) is 50.2 Å². The van der Waals surface area contributed by atoms with E-state index in [9.17, 15) is 0 Å². The highest BCUT2D eigenvalue weighted by Gasteiger charge is 2.20. The van der Waals surface area contributed by atoms with Crippen LogP contribution in [-0.4, -0.2) is 4.57 Å². The number of rotatable bonds is 8. The van der Waals surface area contributed by atoms with Crippen molar-refractivity contribution in [1.29, 1.82) is 0 Å². The Morgan fingerprint density at radius 2 is 0.761 bits per heavy atom. The normalized spacial score (nSPS) is 11.6. The fourth-order valence-electron chi connectivity index (χ4n) is 10.2. The van der Waals surface area contributed by atoms with E-state index in [0.29, 0.717) is 0 Å². The van der Waals surface area contributed by atoms with Crippen LogP contribution in [0.25, 0.3) is 105 Å². The van der Waals surface area contributed by atoms with Crippen molar-refractivity contribution in [2.24, 2.45) is 0 Å². The van der Waals surface area contributed by atoms with Crippen molar-refractivity contribution in [3.63, 3.8) is 0 Å². The summed E-state index contributed by atoms with van der Waals surface area (Å²) in [5.41, 5.74) is 18.0. The lowest BCUT2D eigenvalue weighted by Crippen LogP contribution is -2.09. The van der Waals surface area contributed by atoms with Gasteiger partial charge in [0.2, 0.25) is 0 Å². The number of para-hydroxylation sites is 3. The van der Waals surface area contributed by atoms with Crippen LogP contribution in [0.5, 0.6) is 0 Å². The molecule has 314 valence electrons. The molecule has 0 saturated carbocycles. The fraction of sp³-hybridized carbons (Fsp3) is 0. The van der Waals surface area contributed by atoms with E-state index in [-0.39, 0.29) is 0 Å². The molecule has 3 nitrogen and oxygen atoms in total. The Morgan fingerprint density at radius 1 is 0.284 bits per heavy atom. The number of nitrogens with zero attached hydrogens (tertiary/aromatic N) is 2. The van der Waals surface area contributed by atoms with Crippen molar-refractivity contribution in [2.75, 3.05) is 4.90 Å². The second-order valence-corrected chi connectivity index (χ2v) is 17.3. The van der Waals surface area contributed by atoms with E-state index < -0.39 is 0 Å². The van der Waals surface area contributed by atoms with Gasteiger partial charge in [0.15, 0.2) is 0 Å². The topological polar surface area (TPSA) is 21.3 Å². The first-order valence-corrected chi connectivity index (χ1v) is 22.9. The van der Waals surface area contributed by atoms with Crippen LogP contribution in [-0.2, 0) is 0 Å². The Morgan fingerprint density at radius 3 is 1.40 bits per heavy atom. The van der Waals surface area contributed by atoms with Gasteiger partial charge < -0.3 is 13.9 Å².